The molecule has 0 saturated carbocycles. The van der Waals surface area contributed by atoms with E-state index in [1.165, 1.54) is 6.42 Å². The smallest absolute Gasteiger partial charge is 0.748 e. The van der Waals surface area contributed by atoms with Gasteiger partial charge in [0.05, 0.1) is 22.0 Å². The fourth-order valence-electron chi connectivity index (χ4n) is 1.37. The van der Waals surface area contributed by atoms with Gasteiger partial charge in [-0.2, -0.15) is 0 Å². The largest absolute Gasteiger partial charge is 1.00 e. The Kier molecular flexibility index (Phi) is 14.1. The molecule has 98 valence electrons. The minimum absolute atomic E-state index is 0. The van der Waals surface area contributed by atoms with E-state index < -0.39 is 22.0 Å². The molecule has 17 heavy (non-hydrogen) atoms. The first-order valence-corrected chi connectivity index (χ1v) is 7.35. The molecule has 0 aliphatic heterocycles. The Morgan fingerprint density at radius 1 is 1.29 bits per heavy atom. The van der Waals surface area contributed by atoms with Gasteiger partial charge >= 0.3 is 29.6 Å². The predicted molar refractivity (Wildman–Crippen MR) is 62.2 cm³/mol. The number of nitrogens with one attached hydrogen (secondary N) is 1. The molecule has 0 aromatic rings. The van der Waals surface area contributed by atoms with Crippen molar-refractivity contribution in [3.05, 3.63) is 0 Å². The molecular formula is C10H22NNaO4S. The molecule has 1 atom stereocenters. The van der Waals surface area contributed by atoms with Crippen LogP contribution in [0.5, 0.6) is 0 Å². The average molecular weight is 275 g/mol. The molecule has 0 fully saturated rings. The Balaban J connectivity index is 0. The maximum absolute atomic E-state index is 10.3. The predicted octanol–water partition coefficient (Wildman–Crippen LogP) is -2.54. The molecule has 0 amide bonds. The normalized spacial score (nSPS) is 13.1. The number of hydrogen-bond donors (Lipinski definition) is 2. The number of unbranched alkanes of at least 4 members (excludes halogenated alkanes) is 3. The Bertz CT molecular complexity index is 259. The van der Waals surface area contributed by atoms with Crippen molar-refractivity contribution in [2.24, 2.45) is 0 Å². The number of hydrogen-bond acceptors (Lipinski definition) is 5. The molecule has 0 radical (unpaired) electrons. The summed E-state index contributed by atoms with van der Waals surface area (Å²) >= 11 is 0. The third-order valence-corrected chi connectivity index (χ3v) is 3.00. The topological polar surface area (TPSA) is 89.5 Å². The fourth-order valence-corrected chi connectivity index (χ4v) is 1.77. The molecule has 0 spiro atoms. The van der Waals surface area contributed by atoms with Crippen molar-refractivity contribution >= 4 is 10.1 Å². The van der Waals surface area contributed by atoms with Gasteiger partial charge in [0.2, 0.25) is 0 Å². The SMILES string of the molecule is CCCCCCC(O)CNCCS(=O)(=O)[O-].[Na+]. The molecule has 0 aromatic carbocycles. The van der Waals surface area contributed by atoms with Crippen molar-refractivity contribution in [3.8, 4) is 0 Å². The van der Waals surface area contributed by atoms with Gasteiger partial charge in [0.15, 0.2) is 0 Å². The first kappa shape index (κ1) is 20.2. The Labute approximate surface area is 126 Å². The summed E-state index contributed by atoms with van der Waals surface area (Å²) in [5, 5.41) is 12.2. The van der Waals surface area contributed by atoms with Gasteiger partial charge in [0, 0.05) is 13.1 Å². The van der Waals surface area contributed by atoms with Crippen molar-refractivity contribution in [2.75, 3.05) is 18.8 Å². The summed E-state index contributed by atoms with van der Waals surface area (Å²) in [5.74, 6) is -0.421. The summed E-state index contributed by atoms with van der Waals surface area (Å²) in [4.78, 5) is 0. The van der Waals surface area contributed by atoms with Crippen LogP contribution in [-0.2, 0) is 10.1 Å². The first-order valence-electron chi connectivity index (χ1n) is 5.78. The fraction of sp³-hybridized carbons (Fsp3) is 1.00. The number of rotatable bonds is 10. The van der Waals surface area contributed by atoms with E-state index in [1.807, 2.05) is 0 Å². The zero-order chi connectivity index (χ0) is 12.4. The van der Waals surface area contributed by atoms with E-state index >= 15 is 0 Å². The summed E-state index contributed by atoms with van der Waals surface area (Å²) in [6.45, 7) is 2.58. The van der Waals surface area contributed by atoms with Gasteiger partial charge in [-0.05, 0) is 6.42 Å². The van der Waals surface area contributed by atoms with E-state index in [2.05, 4.69) is 12.2 Å². The molecule has 0 aromatic heterocycles. The van der Waals surface area contributed by atoms with Crippen LogP contribution in [-0.4, -0.2) is 43.0 Å². The standard InChI is InChI=1S/C10H23NO4S.Na/c1-2-3-4-5-6-10(12)9-11-7-8-16(13,14)15;/h10-12H,2-9H2,1H3,(H,13,14,15);/q;+1/p-1. The van der Waals surface area contributed by atoms with Crippen molar-refractivity contribution in [1.82, 2.24) is 5.32 Å². The molecule has 0 rings (SSSR count). The van der Waals surface area contributed by atoms with Gasteiger partial charge in [0.25, 0.3) is 0 Å². The van der Waals surface area contributed by atoms with Crippen LogP contribution in [0.4, 0.5) is 0 Å². The van der Waals surface area contributed by atoms with E-state index in [4.69, 9.17) is 0 Å². The van der Waals surface area contributed by atoms with E-state index in [9.17, 15) is 18.1 Å². The van der Waals surface area contributed by atoms with Crippen LogP contribution < -0.4 is 34.9 Å². The van der Waals surface area contributed by atoms with Gasteiger partial charge in [0.1, 0.15) is 0 Å². The van der Waals surface area contributed by atoms with Crippen LogP contribution in [0, 0.1) is 0 Å². The van der Waals surface area contributed by atoms with E-state index in [0.717, 1.165) is 25.7 Å². The van der Waals surface area contributed by atoms with Gasteiger partial charge in [-0.15, -0.1) is 0 Å². The maximum Gasteiger partial charge on any atom is 1.00 e. The van der Waals surface area contributed by atoms with Crippen LogP contribution in [0.15, 0.2) is 0 Å². The van der Waals surface area contributed by atoms with E-state index in [0.29, 0.717) is 6.54 Å². The maximum atomic E-state index is 10.3. The molecule has 2 N–H and O–H groups in total. The second-order valence-corrected chi connectivity index (χ2v) is 5.49. The zero-order valence-electron chi connectivity index (χ0n) is 10.8. The molecule has 0 saturated heterocycles. The average Bonchev–Trinajstić information content (AvgIpc) is 2.18. The molecular weight excluding hydrogens is 253 g/mol. The summed E-state index contributed by atoms with van der Waals surface area (Å²) in [6.07, 6.45) is 4.70. The monoisotopic (exact) mass is 275 g/mol. The molecule has 0 bridgehead atoms. The Morgan fingerprint density at radius 3 is 2.47 bits per heavy atom. The number of aliphatic hydroxyl groups is 1. The van der Waals surface area contributed by atoms with Crippen LogP contribution in [0.2, 0.25) is 0 Å². The van der Waals surface area contributed by atoms with Crippen molar-refractivity contribution in [3.63, 3.8) is 0 Å². The minimum Gasteiger partial charge on any atom is -0.748 e. The quantitative estimate of drug-likeness (QED) is 0.260. The zero-order valence-corrected chi connectivity index (χ0v) is 13.6. The molecule has 0 heterocycles. The Morgan fingerprint density at radius 2 is 1.94 bits per heavy atom. The van der Waals surface area contributed by atoms with Gasteiger partial charge in [-0.25, -0.2) is 8.42 Å². The second-order valence-electron chi connectivity index (χ2n) is 3.97. The minimum atomic E-state index is -4.14. The Hall–Kier alpha value is 0.830. The molecule has 1 unspecified atom stereocenters. The number of aliphatic hydroxyl groups excluding tert-OH is 1. The van der Waals surface area contributed by atoms with Gasteiger partial charge in [-0.1, -0.05) is 32.6 Å². The van der Waals surface area contributed by atoms with Crippen LogP contribution in [0.1, 0.15) is 39.0 Å². The summed E-state index contributed by atoms with van der Waals surface area (Å²) in [7, 11) is -4.14. The van der Waals surface area contributed by atoms with Crippen molar-refractivity contribution in [1.29, 1.82) is 0 Å². The summed E-state index contributed by atoms with van der Waals surface area (Å²) in [5.41, 5.74) is 0. The first-order chi connectivity index (χ1) is 7.45. The summed E-state index contributed by atoms with van der Waals surface area (Å²) in [6, 6.07) is 0. The van der Waals surface area contributed by atoms with E-state index in [1.54, 1.807) is 0 Å². The summed E-state index contributed by atoms with van der Waals surface area (Å²) < 4.78 is 30.8. The van der Waals surface area contributed by atoms with Crippen LogP contribution in [0.3, 0.4) is 0 Å². The van der Waals surface area contributed by atoms with Crippen molar-refractivity contribution in [2.45, 2.75) is 45.1 Å². The van der Waals surface area contributed by atoms with E-state index in [-0.39, 0.29) is 36.1 Å². The molecule has 5 nitrogen and oxygen atoms in total. The van der Waals surface area contributed by atoms with Gasteiger partial charge in [-0.3, -0.25) is 0 Å². The van der Waals surface area contributed by atoms with Gasteiger partial charge < -0.3 is 15.0 Å². The molecule has 0 aliphatic carbocycles. The molecule has 7 heteroatoms. The third-order valence-electron chi connectivity index (χ3n) is 2.30. The third kappa shape index (κ3) is 16.8. The van der Waals surface area contributed by atoms with Crippen LogP contribution in [0.25, 0.3) is 0 Å². The van der Waals surface area contributed by atoms with Crippen molar-refractivity contribution < 1.29 is 47.6 Å². The molecule has 0 aliphatic rings. The van der Waals surface area contributed by atoms with Crippen LogP contribution >= 0.6 is 0 Å². The second kappa shape index (κ2) is 11.9.